The van der Waals surface area contributed by atoms with Crippen molar-refractivity contribution in [3.8, 4) is 0 Å². The van der Waals surface area contributed by atoms with E-state index < -0.39 is 42.1 Å². The first-order valence-electron chi connectivity index (χ1n) is 7.75. The lowest BCUT2D eigenvalue weighted by molar-refractivity contribution is -0.152. The smallest absolute Gasteiger partial charge is 0.326 e. The van der Waals surface area contributed by atoms with Crippen LogP contribution in [0.4, 0.5) is 14.5 Å². The van der Waals surface area contributed by atoms with Crippen LogP contribution in [0, 0.1) is 11.6 Å². The monoisotopic (exact) mass is 396 g/mol. The Morgan fingerprint density at radius 2 is 1.70 bits per heavy atom. The Morgan fingerprint density at radius 3 is 2.33 bits per heavy atom. The third-order valence-corrected chi connectivity index (χ3v) is 3.68. The number of amides is 2. The van der Waals surface area contributed by atoms with E-state index >= 15 is 0 Å². The maximum absolute atomic E-state index is 13.0. The Kier molecular flexibility index (Phi) is 6.84. The zero-order valence-electron chi connectivity index (χ0n) is 14.1. The average Bonchev–Trinajstić information content (AvgIpc) is 2.62. The van der Waals surface area contributed by atoms with Crippen molar-refractivity contribution < 1.29 is 27.9 Å². The van der Waals surface area contributed by atoms with Crippen LogP contribution in [0.1, 0.15) is 17.3 Å². The number of ether oxygens (including phenoxy) is 1. The van der Waals surface area contributed by atoms with E-state index in [1.54, 1.807) is 0 Å². The second-order valence-corrected chi connectivity index (χ2v) is 5.84. The molecule has 0 aromatic heterocycles. The van der Waals surface area contributed by atoms with Gasteiger partial charge in [0.2, 0.25) is 0 Å². The zero-order chi connectivity index (χ0) is 20.0. The van der Waals surface area contributed by atoms with Crippen LogP contribution in [0.25, 0.3) is 0 Å². The quantitative estimate of drug-likeness (QED) is 0.735. The van der Waals surface area contributed by atoms with Gasteiger partial charge < -0.3 is 15.4 Å². The molecule has 0 unspecified atom stereocenters. The van der Waals surface area contributed by atoms with Gasteiger partial charge in [0.05, 0.1) is 10.7 Å². The third-order valence-electron chi connectivity index (χ3n) is 3.37. The number of nitrogens with one attached hydrogen (secondary N) is 2. The number of anilines is 1. The Hall–Kier alpha value is -3.00. The minimum absolute atomic E-state index is 0.00608. The van der Waals surface area contributed by atoms with Gasteiger partial charge in [-0.2, -0.15) is 0 Å². The highest BCUT2D eigenvalue weighted by molar-refractivity contribution is 6.33. The van der Waals surface area contributed by atoms with Gasteiger partial charge in [0, 0.05) is 5.56 Å². The molecule has 27 heavy (non-hydrogen) atoms. The van der Waals surface area contributed by atoms with Crippen LogP contribution in [0.5, 0.6) is 0 Å². The molecule has 2 N–H and O–H groups in total. The summed E-state index contributed by atoms with van der Waals surface area (Å²) < 4.78 is 30.7. The molecule has 0 aliphatic rings. The number of halogens is 3. The lowest BCUT2D eigenvalue weighted by Crippen LogP contribution is -2.35. The largest absolute Gasteiger partial charge is 0.451 e. The van der Waals surface area contributed by atoms with Crippen molar-refractivity contribution in [1.29, 1.82) is 0 Å². The Bertz CT molecular complexity index is 859. The van der Waals surface area contributed by atoms with Crippen molar-refractivity contribution in [2.75, 3.05) is 11.9 Å². The van der Waals surface area contributed by atoms with Crippen LogP contribution in [-0.2, 0) is 14.3 Å². The van der Waals surface area contributed by atoms with Crippen LogP contribution in [0.15, 0.2) is 42.5 Å². The molecule has 0 radical (unpaired) electrons. The number of hydrogen-bond acceptors (Lipinski definition) is 4. The van der Waals surface area contributed by atoms with E-state index in [9.17, 15) is 23.2 Å². The normalized spacial score (nSPS) is 11.4. The molecule has 0 aliphatic heterocycles. The third kappa shape index (κ3) is 6.03. The molecule has 0 bridgehead atoms. The van der Waals surface area contributed by atoms with E-state index in [-0.39, 0.29) is 16.3 Å². The van der Waals surface area contributed by atoms with Crippen LogP contribution in [0.2, 0.25) is 5.02 Å². The van der Waals surface area contributed by atoms with Crippen LogP contribution >= 0.6 is 11.6 Å². The van der Waals surface area contributed by atoms with Gasteiger partial charge in [-0.3, -0.25) is 14.4 Å². The fourth-order valence-corrected chi connectivity index (χ4v) is 2.19. The first kappa shape index (κ1) is 20.3. The zero-order valence-corrected chi connectivity index (χ0v) is 14.8. The van der Waals surface area contributed by atoms with Crippen LogP contribution < -0.4 is 10.6 Å². The first-order chi connectivity index (χ1) is 12.8. The molecule has 142 valence electrons. The Morgan fingerprint density at radius 1 is 1.07 bits per heavy atom. The fourth-order valence-electron chi connectivity index (χ4n) is 1.97. The van der Waals surface area contributed by atoms with Gasteiger partial charge in [0.15, 0.2) is 6.10 Å². The van der Waals surface area contributed by atoms with Crippen molar-refractivity contribution in [2.45, 2.75) is 13.0 Å². The van der Waals surface area contributed by atoms with E-state index in [4.69, 9.17) is 16.3 Å². The number of carbonyl (C=O) groups is 3. The molecule has 2 rings (SSSR count). The molecule has 2 amide bonds. The molecule has 0 saturated heterocycles. The highest BCUT2D eigenvalue weighted by Gasteiger charge is 2.19. The van der Waals surface area contributed by atoms with Crippen LogP contribution in [0.3, 0.4) is 0 Å². The summed E-state index contributed by atoms with van der Waals surface area (Å²) in [6.45, 7) is 0.845. The van der Waals surface area contributed by atoms with E-state index in [0.29, 0.717) is 0 Å². The number of rotatable bonds is 6. The van der Waals surface area contributed by atoms with Gasteiger partial charge in [0.1, 0.15) is 18.2 Å². The summed E-state index contributed by atoms with van der Waals surface area (Å²) in [5, 5.41) is 4.69. The van der Waals surface area contributed by atoms with Gasteiger partial charge in [-0.25, -0.2) is 8.78 Å². The molecule has 0 spiro atoms. The summed E-state index contributed by atoms with van der Waals surface area (Å²) in [5.74, 6) is -3.18. The number of carbonyl (C=O) groups excluding carboxylic acids is 3. The van der Waals surface area contributed by atoms with Crippen molar-refractivity contribution in [3.05, 3.63) is 64.7 Å². The summed E-state index contributed by atoms with van der Waals surface area (Å²) >= 11 is 5.80. The molecule has 9 heteroatoms. The summed E-state index contributed by atoms with van der Waals surface area (Å²) in [4.78, 5) is 35.6. The molecule has 0 aliphatic carbocycles. The Balaban J connectivity index is 1.82. The summed E-state index contributed by atoms with van der Waals surface area (Å²) in [5.41, 5.74) is 0.330. The Labute approximate surface area is 158 Å². The van der Waals surface area contributed by atoms with Crippen molar-refractivity contribution in [1.82, 2.24) is 5.32 Å². The van der Waals surface area contributed by atoms with E-state index in [0.717, 1.165) is 24.3 Å². The van der Waals surface area contributed by atoms with Crippen molar-refractivity contribution in [2.24, 2.45) is 0 Å². The lowest BCUT2D eigenvalue weighted by atomic mass is 10.2. The summed E-state index contributed by atoms with van der Waals surface area (Å²) in [6, 6.07) is 8.16. The maximum atomic E-state index is 13.0. The molecule has 2 aromatic carbocycles. The standard InChI is InChI=1S/C18H15ClF2N2O4/c1-10(17(25)23-15-7-6-13(21)8-14(15)19)27-16(24)9-22-18(26)11-2-4-12(20)5-3-11/h2-8,10H,9H2,1H3,(H,22,26)(H,23,25)/t10-/m0/s1. The maximum Gasteiger partial charge on any atom is 0.326 e. The molecular weight excluding hydrogens is 382 g/mol. The first-order valence-corrected chi connectivity index (χ1v) is 8.13. The number of esters is 1. The van der Waals surface area contributed by atoms with Gasteiger partial charge in [-0.1, -0.05) is 11.6 Å². The number of hydrogen-bond donors (Lipinski definition) is 2. The average molecular weight is 397 g/mol. The predicted molar refractivity (Wildman–Crippen MR) is 94.3 cm³/mol. The van der Waals surface area contributed by atoms with Crippen molar-refractivity contribution in [3.63, 3.8) is 0 Å². The minimum Gasteiger partial charge on any atom is -0.451 e. The highest BCUT2D eigenvalue weighted by atomic mass is 35.5. The second-order valence-electron chi connectivity index (χ2n) is 5.44. The molecule has 0 heterocycles. The molecular formula is C18H15ClF2N2O4. The predicted octanol–water partition coefficient (Wildman–Crippen LogP) is 2.92. The topological polar surface area (TPSA) is 84.5 Å². The summed E-state index contributed by atoms with van der Waals surface area (Å²) in [7, 11) is 0. The molecule has 0 fully saturated rings. The molecule has 0 saturated carbocycles. The van der Waals surface area contributed by atoms with E-state index in [2.05, 4.69) is 10.6 Å². The molecule has 1 atom stereocenters. The highest BCUT2D eigenvalue weighted by Crippen LogP contribution is 2.22. The van der Waals surface area contributed by atoms with Gasteiger partial charge >= 0.3 is 5.97 Å². The summed E-state index contributed by atoms with van der Waals surface area (Å²) in [6.07, 6.45) is -1.18. The second kappa shape index (κ2) is 9.09. The van der Waals surface area contributed by atoms with E-state index in [1.807, 2.05) is 0 Å². The lowest BCUT2D eigenvalue weighted by Gasteiger charge is -2.14. The van der Waals surface area contributed by atoms with Gasteiger partial charge in [-0.05, 0) is 49.4 Å². The fraction of sp³-hybridized carbons (Fsp3) is 0.167. The van der Waals surface area contributed by atoms with Crippen molar-refractivity contribution >= 4 is 35.1 Å². The van der Waals surface area contributed by atoms with E-state index in [1.165, 1.54) is 25.1 Å². The molecule has 6 nitrogen and oxygen atoms in total. The van der Waals surface area contributed by atoms with Crippen LogP contribution in [-0.4, -0.2) is 30.4 Å². The minimum atomic E-state index is -1.18. The van der Waals surface area contributed by atoms with Gasteiger partial charge in [0.25, 0.3) is 11.8 Å². The SMILES string of the molecule is C[C@H](OC(=O)CNC(=O)c1ccc(F)cc1)C(=O)Nc1ccc(F)cc1Cl. The van der Waals surface area contributed by atoms with Gasteiger partial charge in [-0.15, -0.1) is 0 Å². The molecule has 2 aromatic rings. The number of benzene rings is 2.